The number of benzene rings is 1. The third kappa shape index (κ3) is 2.93. The van der Waals surface area contributed by atoms with Crippen LogP contribution in [0.3, 0.4) is 0 Å². The lowest BCUT2D eigenvalue weighted by atomic mass is 9.95. The van der Waals surface area contributed by atoms with Gasteiger partial charge in [-0.1, -0.05) is 6.07 Å². The minimum atomic E-state index is -0.179. The van der Waals surface area contributed by atoms with Gasteiger partial charge in [-0.25, -0.2) is 0 Å². The number of nitrogens with zero attached hydrogens (tertiary/aromatic N) is 1. The van der Waals surface area contributed by atoms with Crippen LogP contribution in [0.5, 0.6) is 11.5 Å². The summed E-state index contributed by atoms with van der Waals surface area (Å²) in [7, 11) is 1.63. The molecule has 3 rings (SSSR count). The first-order valence-corrected chi connectivity index (χ1v) is 8.08. The van der Waals surface area contributed by atoms with Crippen LogP contribution in [0.2, 0.25) is 0 Å². The van der Waals surface area contributed by atoms with E-state index in [4.69, 9.17) is 15.2 Å². The molecule has 0 aliphatic carbocycles. The molecule has 0 spiro atoms. The summed E-state index contributed by atoms with van der Waals surface area (Å²) in [5.41, 5.74) is 8.12. The van der Waals surface area contributed by atoms with Crippen molar-refractivity contribution in [3.8, 4) is 11.5 Å². The van der Waals surface area contributed by atoms with E-state index in [1.165, 1.54) is 0 Å². The zero-order chi connectivity index (χ0) is 15.0. The van der Waals surface area contributed by atoms with Crippen LogP contribution in [0.1, 0.15) is 29.8 Å². The maximum Gasteiger partial charge on any atom is 0.143 e. The lowest BCUT2D eigenvalue weighted by Crippen LogP contribution is -2.25. The monoisotopic (exact) mass is 412 g/mol. The Hall–Kier alpha value is -1.11. The van der Waals surface area contributed by atoms with Crippen molar-refractivity contribution < 1.29 is 9.47 Å². The van der Waals surface area contributed by atoms with Crippen molar-refractivity contribution in [2.45, 2.75) is 18.6 Å². The van der Waals surface area contributed by atoms with E-state index < -0.39 is 0 Å². The van der Waals surface area contributed by atoms with Crippen LogP contribution in [-0.2, 0) is 0 Å². The van der Waals surface area contributed by atoms with E-state index in [-0.39, 0.29) is 12.1 Å². The minimum Gasteiger partial charge on any atom is -0.497 e. The molecule has 2 N–H and O–H groups in total. The first-order valence-electron chi connectivity index (χ1n) is 6.49. The Morgan fingerprint density at radius 2 is 2.14 bits per heavy atom. The first-order chi connectivity index (χ1) is 10.1. The number of halogens is 2. The molecule has 1 aromatic carbocycles. The Bertz CT molecular complexity index is 679. The predicted octanol–water partition coefficient (Wildman–Crippen LogP) is 4.14. The number of rotatable bonds is 2. The normalized spacial score (nSPS) is 20.6. The predicted molar refractivity (Wildman–Crippen MR) is 87.5 cm³/mol. The van der Waals surface area contributed by atoms with E-state index >= 15 is 0 Å². The van der Waals surface area contributed by atoms with Gasteiger partial charge in [0.15, 0.2) is 0 Å². The van der Waals surface area contributed by atoms with Crippen molar-refractivity contribution in [1.29, 1.82) is 0 Å². The Morgan fingerprint density at radius 1 is 1.33 bits per heavy atom. The Labute approximate surface area is 139 Å². The molecule has 0 saturated carbocycles. The average molecular weight is 414 g/mol. The highest BCUT2D eigenvalue weighted by Crippen LogP contribution is 2.42. The number of hydrogen-bond donors (Lipinski definition) is 1. The second-order valence-corrected chi connectivity index (χ2v) is 6.64. The maximum atomic E-state index is 6.27. The molecule has 1 aromatic heterocycles. The van der Waals surface area contributed by atoms with Gasteiger partial charge in [0, 0.05) is 39.2 Å². The molecule has 2 aromatic rings. The highest BCUT2D eigenvalue weighted by molar-refractivity contribution is 9.11. The molecule has 0 fully saturated rings. The largest absolute Gasteiger partial charge is 0.497 e. The maximum absolute atomic E-state index is 6.27. The number of nitrogens with two attached hydrogens (primary N) is 1. The fraction of sp³-hybridized carbons (Fsp3) is 0.267. The van der Waals surface area contributed by atoms with Crippen molar-refractivity contribution in [3.63, 3.8) is 0 Å². The zero-order valence-corrected chi connectivity index (χ0v) is 14.5. The van der Waals surface area contributed by atoms with Crippen LogP contribution in [0.4, 0.5) is 0 Å². The summed E-state index contributed by atoms with van der Waals surface area (Å²) >= 11 is 6.93. The summed E-state index contributed by atoms with van der Waals surface area (Å²) in [5.74, 6) is 1.51. The van der Waals surface area contributed by atoms with Crippen LogP contribution in [0, 0.1) is 0 Å². The molecular weight excluding hydrogens is 400 g/mol. The average Bonchev–Trinajstić information content (AvgIpc) is 2.46. The Balaban J connectivity index is 1.96. The SMILES string of the molecule is COc1ccc2c(c1)OC(c1ncc(Br)cc1Br)CC2N. The summed E-state index contributed by atoms with van der Waals surface area (Å²) in [6.45, 7) is 0. The van der Waals surface area contributed by atoms with E-state index in [1.807, 2.05) is 24.3 Å². The van der Waals surface area contributed by atoms with Crippen LogP contribution >= 0.6 is 31.9 Å². The third-order valence-corrected chi connectivity index (χ3v) is 4.57. The van der Waals surface area contributed by atoms with Crippen LogP contribution in [-0.4, -0.2) is 12.1 Å². The molecule has 0 bridgehead atoms. The molecule has 110 valence electrons. The smallest absolute Gasteiger partial charge is 0.143 e. The molecule has 2 atom stereocenters. The number of ether oxygens (including phenoxy) is 2. The van der Waals surface area contributed by atoms with Crippen LogP contribution in [0.25, 0.3) is 0 Å². The summed E-state index contributed by atoms with van der Waals surface area (Å²) < 4.78 is 13.1. The van der Waals surface area contributed by atoms with E-state index in [1.54, 1.807) is 13.3 Å². The van der Waals surface area contributed by atoms with Gasteiger partial charge in [0.1, 0.15) is 17.6 Å². The highest BCUT2D eigenvalue weighted by Gasteiger charge is 2.29. The summed E-state index contributed by atoms with van der Waals surface area (Å²) in [4.78, 5) is 4.45. The molecule has 21 heavy (non-hydrogen) atoms. The molecule has 2 heterocycles. The zero-order valence-electron chi connectivity index (χ0n) is 11.3. The van der Waals surface area contributed by atoms with Crippen molar-refractivity contribution in [1.82, 2.24) is 4.98 Å². The Morgan fingerprint density at radius 3 is 2.86 bits per heavy atom. The summed E-state index contributed by atoms with van der Waals surface area (Å²) in [5, 5.41) is 0. The minimum absolute atomic E-state index is 0.0815. The lowest BCUT2D eigenvalue weighted by molar-refractivity contribution is 0.156. The van der Waals surface area contributed by atoms with Gasteiger partial charge >= 0.3 is 0 Å². The van der Waals surface area contributed by atoms with E-state index in [0.29, 0.717) is 6.42 Å². The van der Waals surface area contributed by atoms with Crippen molar-refractivity contribution in [2.75, 3.05) is 7.11 Å². The fourth-order valence-electron chi connectivity index (χ4n) is 2.44. The Kier molecular flexibility index (Phi) is 4.19. The second-order valence-electron chi connectivity index (χ2n) is 4.87. The fourth-order valence-corrected chi connectivity index (χ4v) is 3.68. The van der Waals surface area contributed by atoms with Crippen LogP contribution in [0.15, 0.2) is 39.4 Å². The van der Waals surface area contributed by atoms with Crippen LogP contribution < -0.4 is 15.2 Å². The van der Waals surface area contributed by atoms with E-state index in [2.05, 4.69) is 36.8 Å². The molecule has 1 aliphatic rings. The van der Waals surface area contributed by atoms with Crippen molar-refractivity contribution in [2.24, 2.45) is 5.73 Å². The van der Waals surface area contributed by atoms with Gasteiger partial charge in [0.05, 0.1) is 12.8 Å². The molecule has 1 aliphatic heterocycles. The second kappa shape index (κ2) is 5.94. The van der Waals surface area contributed by atoms with Crippen molar-refractivity contribution in [3.05, 3.63) is 50.7 Å². The molecule has 6 heteroatoms. The molecule has 0 saturated heterocycles. The van der Waals surface area contributed by atoms with Gasteiger partial charge in [-0.3, -0.25) is 4.98 Å². The topological polar surface area (TPSA) is 57.4 Å². The van der Waals surface area contributed by atoms with Gasteiger partial charge in [-0.2, -0.15) is 0 Å². The number of aromatic nitrogens is 1. The number of methoxy groups -OCH3 is 1. The first kappa shape index (κ1) is 14.8. The van der Waals surface area contributed by atoms with Crippen molar-refractivity contribution >= 4 is 31.9 Å². The number of hydrogen-bond acceptors (Lipinski definition) is 4. The lowest BCUT2D eigenvalue weighted by Gasteiger charge is -2.30. The molecule has 0 radical (unpaired) electrons. The molecule has 0 amide bonds. The standard InChI is InChI=1S/C15H14Br2N2O2/c1-20-9-2-3-10-12(18)6-14(21-13(10)5-9)15-11(17)4-8(16)7-19-15/h2-5,7,12,14H,6,18H2,1H3. The summed E-state index contributed by atoms with van der Waals surface area (Å²) in [6.07, 6.45) is 2.27. The highest BCUT2D eigenvalue weighted by atomic mass is 79.9. The van der Waals surface area contributed by atoms with Gasteiger partial charge in [0.25, 0.3) is 0 Å². The number of fused-ring (bicyclic) bond motifs is 1. The van der Waals surface area contributed by atoms with E-state index in [0.717, 1.165) is 31.7 Å². The van der Waals surface area contributed by atoms with E-state index in [9.17, 15) is 0 Å². The third-order valence-electron chi connectivity index (χ3n) is 3.50. The van der Waals surface area contributed by atoms with Gasteiger partial charge in [-0.05, 0) is 44.0 Å². The van der Waals surface area contributed by atoms with Gasteiger partial charge in [-0.15, -0.1) is 0 Å². The molecule has 4 nitrogen and oxygen atoms in total. The van der Waals surface area contributed by atoms with Gasteiger partial charge in [0.2, 0.25) is 0 Å². The molecular formula is C15H14Br2N2O2. The number of pyridine rings is 1. The summed E-state index contributed by atoms with van der Waals surface area (Å²) in [6, 6.07) is 7.60. The quantitative estimate of drug-likeness (QED) is 0.803. The van der Waals surface area contributed by atoms with Gasteiger partial charge < -0.3 is 15.2 Å². The molecule has 2 unspecified atom stereocenters.